The average molecular weight is 360 g/mol. The van der Waals surface area contributed by atoms with Gasteiger partial charge in [-0.1, -0.05) is 46.4 Å². The molecule has 2 aliphatic rings. The Hall–Kier alpha value is -0.250. The number of ether oxygens (including phenoxy) is 2. The van der Waals surface area contributed by atoms with Crippen molar-refractivity contribution in [2.45, 2.75) is 55.6 Å². The van der Waals surface area contributed by atoms with Crippen molar-refractivity contribution >= 4 is 27.5 Å². The second-order valence-electron chi connectivity index (χ2n) is 5.88. The van der Waals surface area contributed by atoms with E-state index in [-0.39, 0.29) is 11.7 Å². The first-order chi connectivity index (χ1) is 9.71. The number of benzene rings is 1. The van der Waals surface area contributed by atoms with E-state index in [0.29, 0.717) is 11.6 Å². The first-order valence-electron chi connectivity index (χ1n) is 7.36. The molecular formula is C16H20BrClO2. The smallest absolute Gasteiger partial charge is 0.138 e. The molecule has 1 aromatic carbocycles. The minimum absolute atomic E-state index is 0.178. The molecule has 0 bridgehead atoms. The fraction of sp³-hybridized carbons (Fsp3) is 0.625. The van der Waals surface area contributed by atoms with Crippen molar-refractivity contribution in [2.24, 2.45) is 0 Å². The maximum Gasteiger partial charge on any atom is 0.138 e. The zero-order chi connectivity index (χ0) is 14.0. The molecule has 0 aromatic heterocycles. The van der Waals surface area contributed by atoms with Crippen LogP contribution in [0.4, 0.5) is 0 Å². The van der Waals surface area contributed by atoms with E-state index in [1.54, 1.807) is 0 Å². The van der Waals surface area contributed by atoms with Gasteiger partial charge in [0.15, 0.2) is 0 Å². The molecule has 1 aromatic rings. The van der Waals surface area contributed by atoms with Crippen LogP contribution in [0.25, 0.3) is 0 Å². The molecule has 1 unspecified atom stereocenters. The molecule has 2 nitrogen and oxygen atoms in total. The molecule has 3 rings (SSSR count). The van der Waals surface area contributed by atoms with Gasteiger partial charge < -0.3 is 9.47 Å². The van der Waals surface area contributed by atoms with Crippen molar-refractivity contribution < 1.29 is 9.47 Å². The summed E-state index contributed by atoms with van der Waals surface area (Å²) in [5.41, 5.74) is 1.34. The Labute approximate surface area is 133 Å². The summed E-state index contributed by atoms with van der Waals surface area (Å²) < 4.78 is 12.1. The van der Waals surface area contributed by atoms with Gasteiger partial charge in [-0.25, -0.2) is 0 Å². The van der Waals surface area contributed by atoms with Crippen molar-refractivity contribution in [2.75, 3.05) is 6.61 Å². The summed E-state index contributed by atoms with van der Waals surface area (Å²) in [4.78, 5) is 0. The summed E-state index contributed by atoms with van der Waals surface area (Å²) >= 11 is 9.65. The summed E-state index contributed by atoms with van der Waals surface area (Å²) in [6.07, 6.45) is 7.60. The van der Waals surface area contributed by atoms with Gasteiger partial charge in [0.25, 0.3) is 0 Å². The number of hydrogen-bond acceptors (Lipinski definition) is 2. The highest BCUT2D eigenvalue weighted by molar-refractivity contribution is 9.08. The molecule has 1 aliphatic heterocycles. The van der Waals surface area contributed by atoms with E-state index in [9.17, 15) is 0 Å². The molecule has 20 heavy (non-hydrogen) atoms. The molecule has 1 heterocycles. The number of halogens is 2. The Balaban J connectivity index is 1.55. The monoisotopic (exact) mass is 358 g/mol. The Kier molecular flexibility index (Phi) is 4.58. The third kappa shape index (κ3) is 3.15. The quantitative estimate of drug-likeness (QED) is 0.696. The van der Waals surface area contributed by atoms with Crippen molar-refractivity contribution in [3.05, 3.63) is 28.8 Å². The van der Waals surface area contributed by atoms with Gasteiger partial charge in [0.1, 0.15) is 12.4 Å². The molecular weight excluding hydrogens is 340 g/mol. The molecule has 0 amide bonds. The SMILES string of the molecule is Clc1cc(CBr)ccc1OCC1CCC2(CCCC2)O1. The van der Waals surface area contributed by atoms with E-state index >= 15 is 0 Å². The lowest BCUT2D eigenvalue weighted by atomic mass is 9.98. The van der Waals surface area contributed by atoms with Crippen molar-refractivity contribution in [3.63, 3.8) is 0 Å². The number of alkyl halides is 1. The third-order valence-electron chi connectivity index (χ3n) is 4.43. The Morgan fingerprint density at radius 1 is 1.30 bits per heavy atom. The maximum absolute atomic E-state index is 6.24. The summed E-state index contributed by atoms with van der Waals surface area (Å²) in [6.45, 7) is 0.606. The standard InChI is InChI=1S/C16H20BrClO2/c17-10-12-3-4-15(14(18)9-12)19-11-13-5-8-16(20-13)6-1-2-7-16/h3-4,9,13H,1-2,5-8,10-11H2. The lowest BCUT2D eigenvalue weighted by Crippen LogP contribution is -2.27. The summed E-state index contributed by atoms with van der Waals surface area (Å²) in [5, 5.41) is 1.48. The van der Waals surface area contributed by atoms with Crippen LogP contribution in [0.2, 0.25) is 5.02 Å². The van der Waals surface area contributed by atoms with Gasteiger partial charge >= 0.3 is 0 Å². The fourth-order valence-corrected chi connectivity index (χ4v) is 3.93. The van der Waals surface area contributed by atoms with Gasteiger partial charge in [0.2, 0.25) is 0 Å². The predicted molar refractivity (Wildman–Crippen MR) is 84.9 cm³/mol. The first kappa shape index (κ1) is 14.7. The Morgan fingerprint density at radius 2 is 2.10 bits per heavy atom. The van der Waals surface area contributed by atoms with Crippen LogP contribution >= 0.6 is 27.5 Å². The molecule has 0 N–H and O–H groups in total. The molecule has 110 valence electrons. The highest BCUT2D eigenvalue weighted by atomic mass is 79.9. The molecule has 1 spiro atoms. The van der Waals surface area contributed by atoms with Crippen molar-refractivity contribution in [1.82, 2.24) is 0 Å². The van der Waals surface area contributed by atoms with E-state index < -0.39 is 0 Å². The third-order valence-corrected chi connectivity index (χ3v) is 5.37. The van der Waals surface area contributed by atoms with Gasteiger partial charge in [-0.3, -0.25) is 0 Å². The lowest BCUT2D eigenvalue weighted by molar-refractivity contribution is -0.0508. The van der Waals surface area contributed by atoms with Gasteiger partial charge in [-0.05, 0) is 43.4 Å². The second-order valence-corrected chi connectivity index (χ2v) is 6.85. The van der Waals surface area contributed by atoms with Crippen LogP contribution < -0.4 is 4.74 Å². The van der Waals surface area contributed by atoms with E-state index in [4.69, 9.17) is 21.1 Å². The fourth-order valence-electron chi connectivity index (χ4n) is 3.33. The molecule has 0 radical (unpaired) electrons. The van der Waals surface area contributed by atoms with Gasteiger partial charge in [0, 0.05) is 5.33 Å². The Morgan fingerprint density at radius 3 is 2.80 bits per heavy atom. The molecule has 1 atom stereocenters. The van der Waals surface area contributed by atoms with Gasteiger partial charge in [0.05, 0.1) is 16.7 Å². The van der Waals surface area contributed by atoms with Crippen LogP contribution in [0.1, 0.15) is 44.1 Å². The topological polar surface area (TPSA) is 18.5 Å². The van der Waals surface area contributed by atoms with E-state index in [0.717, 1.165) is 23.1 Å². The summed E-state index contributed by atoms with van der Waals surface area (Å²) in [6, 6.07) is 5.92. The largest absolute Gasteiger partial charge is 0.489 e. The molecule has 1 saturated heterocycles. The first-order valence-corrected chi connectivity index (χ1v) is 8.86. The van der Waals surface area contributed by atoms with Crippen LogP contribution in [-0.2, 0) is 10.1 Å². The molecule has 2 fully saturated rings. The zero-order valence-corrected chi connectivity index (χ0v) is 13.9. The van der Waals surface area contributed by atoms with E-state index in [2.05, 4.69) is 15.9 Å². The van der Waals surface area contributed by atoms with Gasteiger partial charge in [-0.15, -0.1) is 0 Å². The minimum Gasteiger partial charge on any atom is -0.489 e. The predicted octanol–water partition coefficient (Wildman–Crippen LogP) is 5.11. The maximum atomic E-state index is 6.24. The summed E-state index contributed by atoms with van der Waals surface area (Å²) in [7, 11) is 0. The molecule has 1 aliphatic carbocycles. The molecule has 1 saturated carbocycles. The normalized spacial score (nSPS) is 24.4. The average Bonchev–Trinajstić information content (AvgIpc) is 3.08. The Bertz CT molecular complexity index is 472. The van der Waals surface area contributed by atoms with Crippen LogP contribution in [0.15, 0.2) is 18.2 Å². The van der Waals surface area contributed by atoms with E-state index in [1.165, 1.54) is 32.1 Å². The van der Waals surface area contributed by atoms with E-state index in [1.807, 2.05) is 18.2 Å². The van der Waals surface area contributed by atoms with Crippen LogP contribution in [0.3, 0.4) is 0 Å². The second kappa shape index (κ2) is 6.25. The number of rotatable bonds is 4. The molecule has 4 heteroatoms. The van der Waals surface area contributed by atoms with Crippen LogP contribution in [-0.4, -0.2) is 18.3 Å². The summed E-state index contributed by atoms with van der Waals surface area (Å²) in [5.74, 6) is 0.757. The van der Waals surface area contributed by atoms with Gasteiger partial charge in [-0.2, -0.15) is 0 Å². The van der Waals surface area contributed by atoms with Crippen molar-refractivity contribution in [3.8, 4) is 5.75 Å². The highest BCUT2D eigenvalue weighted by Crippen LogP contribution is 2.43. The van der Waals surface area contributed by atoms with Crippen molar-refractivity contribution in [1.29, 1.82) is 0 Å². The number of hydrogen-bond donors (Lipinski definition) is 0. The minimum atomic E-state index is 0.178. The zero-order valence-electron chi connectivity index (χ0n) is 11.5. The lowest BCUT2D eigenvalue weighted by Gasteiger charge is -2.23. The highest BCUT2D eigenvalue weighted by Gasteiger charge is 2.42. The van der Waals surface area contributed by atoms with Crippen LogP contribution in [0, 0.1) is 0 Å². The van der Waals surface area contributed by atoms with Crippen LogP contribution in [0.5, 0.6) is 5.75 Å².